The number of nitrogens with zero attached hydrogens (tertiary/aromatic N) is 2. The van der Waals surface area contributed by atoms with Gasteiger partial charge in [-0.25, -0.2) is 4.98 Å². The lowest BCUT2D eigenvalue weighted by Gasteiger charge is -2.07. The largest absolute Gasteiger partial charge is 0.347 e. The van der Waals surface area contributed by atoms with Crippen LogP contribution in [-0.2, 0) is 6.42 Å². The second-order valence-corrected chi connectivity index (χ2v) is 4.03. The molecule has 17 heavy (non-hydrogen) atoms. The van der Waals surface area contributed by atoms with E-state index in [0.717, 1.165) is 18.4 Å². The zero-order valence-electron chi connectivity index (χ0n) is 9.85. The van der Waals surface area contributed by atoms with Crippen LogP contribution in [0.2, 0.25) is 0 Å². The van der Waals surface area contributed by atoms with E-state index in [1.165, 1.54) is 5.56 Å². The molecular weight excluding hydrogens is 210 g/mol. The standard InChI is InChI=1S/C14H15N3/c1-2-3-11-4-6-12(7-5-11)13(10-15)14-16-8-9-17-14/h4-9,13H,2-3H2,1H3,(H,16,17). The molecule has 0 spiro atoms. The second-order valence-electron chi connectivity index (χ2n) is 4.03. The summed E-state index contributed by atoms with van der Waals surface area (Å²) in [6.07, 6.45) is 5.63. The molecule has 0 saturated carbocycles. The van der Waals surface area contributed by atoms with E-state index in [2.05, 4.69) is 35.1 Å². The van der Waals surface area contributed by atoms with Crippen molar-refractivity contribution in [3.8, 4) is 6.07 Å². The van der Waals surface area contributed by atoms with Gasteiger partial charge in [0.15, 0.2) is 0 Å². The fraction of sp³-hybridized carbons (Fsp3) is 0.286. The molecular formula is C14H15N3. The Morgan fingerprint density at radius 3 is 2.65 bits per heavy atom. The fourth-order valence-corrected chi connectivity index (χ4v) is 1.89. The highest BCUT2D eigenvalue weighted by molar-refractivity contribution is 5.33. The van der Waals surface area contributed by atoms with Crippen molar-refractivity contribution < 1.29 is 0 Å². The number of aromatic nitrogens is 2. The van der Waals surface area contributed by atoms with Crippen molar-refractivity contribution >= 4 is 0 Å². The molecule has 1 N–H and O–H groups in total. The monoisotopic (exact) mass is 225 g/mol. The van der Waals surface area contributed by atoms with Gasteiger partial charge in [0.1, 0.15) is 11.7 Å². The molecule has 1 heterocycles. The number of hydrogen-bond acceptors (Lipinski definition) is 2. The van der Waals surface area contributed by atoms with Crippen LogP contribution in [0.3, 0.4) is 0 Å². The Hall–Kier alpha value is -2.08. The number of rotatable bonds is 4. The van der Waals surface area contributed by atoms with E-state index in [-0.39, 0.29) is 5.92 Å². The highest BCUT2D eigenvalue weighted by Gasteiger charge is 2.15. The summed E-state index contributed by atoms with van der Waals surface area (Å²) in [7, 11) is 0. The number of imidazole rings is 1. The lowest BCUT2D eigenvalue weighted by molar-refractivity contribution is 0.906. The van der Waals surface area contributed by atoms with E-state index >= 15 is 0 Å². The molecule has 86 valence electrons. The first-order valence-electron chi connectivity index (χ1n) is 5.83. The summed E-state index contributed by atoms with van der Waals surface area (Å²) >= 11 is 0. The molecule has 1 aromatic heterocycles. The van der Waals surface area contributed by atoms with Gasteiger partial charge in [-0.15, -0.1) is 0 Å². The lowest BCUT2D eigenvalue weighted by Crippen LogP contribution is -2.00. The van der Waals surface area contributed by atoms with Crippen molar-refractivity contribution in [2.45, 2.75) is 25.7 Å². The molecule has 3 heteroatoms. The van der Waals surface area contributed by atoms with Crippen molar-refractivity contribution in [1.29, 1.82) is 5.26 Å². The molecule has 0 aliphatic carbocycles. The number of aromatic amines is 1. The average Bonchev–Trinajstić information content (AvgIpc) is 2.86. The summed E-state index contributed by atoms with van der Waals surface area (Å²) in [6, 6.07) is 10.5. The van der Waals surface area contributed by atoms with Gasteiger partial charge in [0.05, 0.1) is 6.07 Å². The predicted octanol–water partition coefficient (Wildman–Crippen LogP) is 3.02. The van der Waals surface area contributed by atoms with Crippen LogP contribution in [0.25, 0.3) is 0 Å². The summed E-state index contributed by atoms with van der Waals surface area (Å²) in [6.45, 7) is 2.16. The molecule has 0 bridgehead atoms. The molecule has 1 aromatic carbocycles. The third-order valence-corrected chi connectivity index (χ3v) is 2.77. The minimum atomic E-state index is -0.305. The van der Waals surface area contributed by atoms with Gasteiger partial charge in [0.25, 0.3) is 0 Å². The minimum absolute atomic E-state index is 0.305. The highest BCUT2D eigenvalue weighted by atomic mass is 14.9. The maximum absolute atomic E-state index is 9.21. The van der Waals surface area contributed by atoms with Crippen LogP contribution in [0.5, 0.6) is 0 Å². The first kappa shape index (κ1) is 11.4. The molecule has 1 unspecified atom stereocenters. The summed E-state index contributed by atoms with van der Waals surface area (Å²) in [4.78, 5) is 7.14. The number of hydrogen-bond donors (Lipinski definition) is 1. The average molecular weight is 225 g/mol. The van der Waals surface area contributed by atoms with Gasteiger partial charge in [-0.2, -0.15) is 5.26 Å². The summed E-state index contributed by atoms with van der Waals surface area (Å²) < 4.78 is 0. The van der Waals surface area contributed by atoms with Gasteiger partial charge in [0, 0.05) is 12.4 Å². The number of benzene rings is 1. The Balaban J connectivity index is 2.24. The van der Waals surface area contributed by atoms with E-state index < -0.39 is 0 Å². The smallest absolute Gasteiger partial charge is 0.129 e. The van der Waals surface area contributed by atoms with Crippen LogP contribution < -0.4 is 0 Å². The zero-order chi connectivity index (χ0) is 12.1. The Labute approximate surface area is 101 Å². The van der Waals surface area contributed by atoms with E-state index in [9.17, 15) is 5.26 Å². The number of H-pyrrole nitrogens is 1. The van der Waals surface area contributed by atoms with Gasteiger partial charge in [-0.05, 0) is 17.5 Å². The van der Waals surface area contributed by atoms with Crippen LogP contribution in [0.15, 0.2) is 36.7 Å². The normalized spacial score (nSPS) is 12.0. The first-order valence-corrected chi connectivity index (χ1v) is 5.83. The number of nitriles is 1. The Kier molecular flexibility index (Phi) is 3.56. The summed E-state index contributed by atoms with van der Waals surface area (Å²) in [5, 5.41) is 9.21. The third-order valence-electron chi connectivity index (χ3n) is 2.77. The van der Waals surface area contributed by atoms with Crippen LogP contribution in [0.1, 0.15) is 36.2 Å². The molecule has 0 radical (unpaired) electrons. The molecule has 0 aliphatic rings. The fourth-order valence-electron chi connectivity index (χ4n) is 1.89. The molecule has 1 atom stereocenters. The van der Waals surface area contributed by atoms with Gasteiger partial charge in [-0.3, -0.25) is 0 Å². The van der Waals surface area contributed by atoms with Crippen molar-refractivity contribution in [3.63, 3.8) is 0 Å². The molecule has 0 amide bonds. The van der Waals surface area contributed by atoms with Crippen molar-refractivity contribution in [1.82, 2.24) is 9.97 Å². The molecule has 0 saturated heterocycles. The van der Waals surface area contributed by atoms with Crippen LogP contribution in [0.4, 0.5) is 0 Å². The van der Waals surface area contributed by atoms with Crippen molar-refractivity contribution in [3.05, 3.63) is 53.6 Å². The first-order chi connectivity index (χ1) is 8.35. The van der Waals surface area contributed by atoms with Gasteiger partial charge in [0.2, 0.25) is 0 Å². The SMILES string of the molecule is CCCc1ccc(C(C#N)c2ncc[nH]2)cc1. The minimum Gasteiger partial charge on any atom is -0.347 e. The summed E-state index contributed by atoms with van der Waals surface area (Å²) in [5.74, 6) is 0.399. The Morgan fingerprint density at radius 2 is 2.12 bits per heavy atom. The molecule has 0 aliphatic heterocycles. The van der Waals surface area contributed by atoms with Crippen molar-refractivity contribution in [2.75, 3.05) is 0 Å². The molecule has 2 rings (SSSR count). The molecule has 3 nitrogen and oxygen atoms in total. The van der Waals surface area contributed by atoms with E-state index in [4.69, 9.17) is 0 Å². The summed E-state index contributed by atoms with van der Waals surface area (Å²) in [5.41, 5.74) is 2.30. The topological polar surface area (TPSA) is 52.5 Å². The quantitative estimate of drug-likeness (QED) is 0.869. The third kappa shape index (κ3) is 2.54. The van der Waals surface area contributed by atoms with E-state index in [1.807, 2.05) is 12.1 Å². The van der Waals surface area contributed by atoms with Crippen LogP contribution >= 0.6 is 0 Å². The van der Waals surface area contributed by atoms with Gasteiger partial charge in [-0.1, -0.05) is 37.6 Å². The zero-order valence-corrected chi connectivity index (χ0v) is 9.85. The lowest BCUT2D eigenvalue weighted by atomic mass is 9.98. The Bertz CT molecular complexity index is 491. The highest BCUT2D eigenvalue weighted by Crippen LogP contribution is 2.21. The van der Waals surface area contributed by atoms with Crippen LogP contribution in [0, 0.1) is 11.3 Å². The van der Waals surface area contributed by atoms with Gasteiger partial charge >= 0.3 is 0 Å². The maximum Gasteiger partial charge on any atom is 0.129 e. The van der Waals surface area contributed by atoms with Crippen molar-refractivity contribution in [2.24, 2.45) is 0 Å². The molecule has 0 fully saturated rings. The maximum atomic E-state index is 9.21. The predicted molar refractivity (Wildman–Crippen MR) is 66.5 cm³/mol. The van der Waals surface area contributed by atoms with E-state index in [1.54, 1.807) is 12.4 Å². The Morgan fingerprint density at radius 1 is 1.35 bits per heavy atom. The van der Waals surface area contributed by atoms with E-state index in [0.29, 0.717) is 5.82 Å². The second kappa shape index (κ2) is 5.31. The number of nitrogens with one attached hydrogen (secondary N) is 1. The molecule has 2 aromatic rings. The van der Waals surface area contributed by atoms with Gasteiger partial charge < -0.3 is 4.98 Å². The van der Waals surface area contributed by atoms with Crippen LogP contribution in [-0.4, -0.2) is 9.97 Å². The number of aryl methyl sites for hydroxylation is 1.